The van der Waals surface area contributed by atoms with Crippen molar-refractivity contribution < 1.29 is 9.52 Å². The number of hydrogen-bond acceptors (Lipinski definition) is 3. The van der Waals surface area contributed by atoms with Gasteiger partial charge in [0.05, 0.1) is 5.88 Å². The van der Waals surface area contributed by atoms with Gasteiger partial charge in [-0.2, -0.15) is 0 Å². The summed E-state index contributed by atoms with van der Waals surface area (Å²) in [6, 6.07) is 0. The van der Waals surface area contributed by atoms with Gasteiger partial charge < -0.3 is 9.52 Å². The Balaban J connectivity index is 2.67. The third kappa shape index (κ3) is 2.09. The van der Waals surface area contributed by atoms with E-state index in [4.69, 9.17) is 16.0 Å². The predicted octanol–water partition coefficient (Wildman–Crippen LogP) is 2.02. The molecule has 0 aliphatic rings. The summed E-state index contributed by atoms with van der Waals surface area (Å²) in [5.41, 5.74) is 0.505. The van der Waals surface area contributed by atoms with Crippen LogP contribution in [0.3, 0.4) is 0 Å². The minimum absolute atomic E-state index is 0.223. The van der Waals surface area contributed by atoms with E-state index in [1.54, 1.807) is 6.08 Å². The van der Waals surface area contributed by atoms with Gasteiger partial charge in [0.2, 0.25) is 5.89 Å². The van der Waals surface area contributed by atoms with Crippen molar-refractivity contribution in [3.05, 3.63) is 30.5 Å². The van der Waals surface area contributed by atoms with Gasteiger partial charge in [-0.1, -0.05) is 6.08 Å². The van der Waals surface area contributed by atoms with E-state index in [0.717, 1.165) is 0 Å². The highest BCUT2D eigenvalue weighted by Crippen LogP contribution is 2.16. The number of aromatic nitrogens is 1. The molecule has 0 saturated heterocycles. The summed E-state index contributed by atoms with van der Waals surface area (Å²) >= 11 is 5.46. The minimum atomic E-state index is -0.636. The standard InChI is InChI=1S/C8H10ClNO2/c1-2-3-7(11)6-5-12-8(4-9)10-6/h2,5,7,11H,1,3-4H2/t7-/m1/s1. The second-order valence-electron chi connectivity index (χ2n) is 2.34. The Morgan fingerprint density at radius 3 is 3.08 bits per heavy atom. The number of halogens is 1. The molecule has 0 radical (unpaired) electrons. The highest BCUT2D eigenvalue weighted by Gasteiger charge is 2.10. The predicted molar refractivity (Wildman–Crippen MR) is 45.8 cm³/mol. The summed E-state index contributed by atoms with van der Waals surface area (Å²) in [5.74, 6) is 0.649. The summed E-state index contributed by atoms with van der Waals surface area (Å²) in [5, 5.41) is 9.39. The number of aliphatic hydroxyl groups is 1. The molecule has 1 heterocycles. The van der Waals surface area contributed by atoms with E-state index in [1.807, 2.05) is 0 Å². The molecule has 3 nitrogen and oxygen atoms in total. The summed E-state index contributed by atoms with van der Waals surface area (Å²) < 4.78 is 4.94. The molecule has 0 aliphatic heterocycles. The number of oxazole rings is 1. The smallest absolute Gasteiger partial charge is 0.209 e. The zero-order valence-corrected chi connectivity index (χ0v) is 7.29. The molecule has 0 aromatic carbocycles. The van der Waals surface area contributed by atoms with Gasteiger partial charge in [-0.3, -0.25) is 0 Å². The molecule has 0 amide bonds. The Morgan fingerprint density at radius 2 is 2.58 bits per heavy atom. The fourth-order valence-electron chi connectivity index (χ4n) is 0.818. The first kappa shape index (κ1) is 9.29. The topological polar surface area (TPSA) is 46.3 Å². The SMILES string of the molecule is C=CC[C@@H](O)c1coc(CCl)n1. The van der Waals surface area contributed by atoms with Crippen LogP contribution in [0.5, 0.6) is 0 Å². The Bertz CT molecular complexity index is 259. The third-order valence-electron chi connectivity index (χ3n) is 1.42. The van der Waals surface area contributed by atoms with E-state index < -0.39 is 6.10 Å². The van der Waals surface area contributed by atoms with E-state index >= 15 is 0 Å². The molecule has 66 valence electrons. The number of aliphatic hydroxyl groups excluding tert-OH is 1. The molecule has 0 fully saturated rings. The van der Waals surface area contributed by atoms with Crippen molar-refractivity contribution in [2.45, 2.75) is 18.4 Å². The van der Waals surface area contributed by atoms with Crippen LogP contribution in [0.15, 0.2) is 23.3 Å². The average Bonchev–Trinajstić information content (AvgIpc) is 2.52. The molecule has 0 spiro atoms. The first-order valence-electron chi connectivity index (χ1n) is 3.57. The second-order valence-corrected chi connectivity index (χ2v) is 2.61. The molecule has 1 N–H and O–H groups in total. The van der Waals surface area contributed by atoms with E-state index in [-0.39, 0.29) is 5.88 Å². The number of rotatable bonds is 4. The number of alkyl halides is 1. The molecular weight excluding hydrogens is 178 g/mol. The van der Waals surface area contributed by atoms with Crippen molar-refractivity contribution >= 4 is 11.6 Å². The van der Waals surface area contributed by atoms with Crippen LogP contribution < -0.4 is 0 Å². The van der Waals surface area contributed by atoms with Crippen molar-refractivity contribution in [3.63, 3.8) is 0 Å². The zero-order chi connectivity index (χ0) is 8.97. The largest absolute Gasteiger partial charge is 0.447 e. The molecule has 0 aliphatic carbocycles. The maximum Gasteiger partial charge on any atom is 0.209 e. The van der Waals surface area contributed by atoms with Gasteiger partial charge in [-0.15, -0.1) is 18.2 Å². The molecule has 0 saturated carbocycles. The van der Waals surface area contributed by atoms with Gasteiger partial charge >= 0.3 is 0 Å². The van der Waals surface area contributed by atoms with Crippen LogP contribution in [0.1, 0.15) is 24.1 Å². The van der Waals surface area contributed by atoms with Gasteiger partial charge in [-0.25, -0.2) is 4.98 Å². The summed E-state index contributed by atoms with van der Waals surface area (Å²) in [6.07, 6.45) is 2.86. The fourth-order valence-corrected chi connectivity index (χ4v) is 0.941. The van der Waals surface area contributed by atoms with Gasteiger partial charge in [-0.05, 0) is 6.42 Å². The zero-order valence-electron chi connectivity index (χ0n) is 6.53. The lowest BCUT2D eigenvalue weighted by Gasteiger charge is -2.00. The lowest BCUT2D eigenvalue weighted by atomic mass is 10.2. The molecule has 12 heavy (non-hydrogen) atoms. The molecule has 1 atom stereocenters. The van der Waals surface area contributed by atoms with E-state index in [1.165, 1.54) is 6.26 Å². The first-order valence-corrected chi connectivity index (χ1v) is 4.10. The van der Waals surface area contributed by atoms with E-state index in [9.17, 15) is 5.11 Å². The molecular formula is C8H10ClNO2. The Labute approximate surface area is 75.7 Å². The van der Waals surface area contributed by atoms with Crippen molar-refractivity contribution in [1.29, 1.82) is 0 Å². The Kier molecular flexibility index (Phi) is 3.31. The highest BCUT2D eigenvalue weighted by atomic mass is 35.5. The van der Waals surface area contributed by atoms with Crippen LogP contribution in [0, 0.1) is 0 Å². The normalized spacial score (nSPS) is 12.8. The van der Waals surface area contributed by atoms with Crippen molar-refractivity contribution in [2.24, 2.45) is 0 Å². The van der Waals surface area contributed by atoms with Gasteiger partial charge in [0, 0.05) is 0 Å². The fraction of sp³-hybridized carbons (Fsp3) is 0.375. The monoisotopic (exact) mass is 187 g/mol. The Morgan fingerprint density at radius 1 is 1.83 bits per heavy atom. The van der Waals surface area contributed by atoms with Crippen LogP contribution in [-0.2, 0) is 5.88 Å². The van der Waals surface area contributed by atoms with Crippen LogP contribution in [0.25, 0.3) is 0 Å². The quantitative estimate of drug-likeness (QED) is 0.580. The molecule has 4 heteroatoms. The van der Waals surface area contributed by atoms with Crippen molar-refractivity contribution in [1.82, 2.24) is 4.98 Å². The molecule has 0 bridgehead atoms. The molecule has 1 aromatic heterocycles. The maximum atomic E-state index is 9.39. The lowest BCUT2D eigenvalue weighted by molar-refractivity contribution is 0.176. The van der Waals surface area contributed by atoms with Crippen molar-refractivity contribution in [3.8, 4) is 0 Å². The second kappa shape index (κ2) is 4.28. The van der Waals surface area contributed by atoms with Crippen LogP contribution in [-0.4, -0.2) is 10.1 Å². The lowest BCUT2D eigenvalue weighted by Crippen LogP contribution is -1.95. The summed E-state index contributed by atoms with van der Waals surface area (Å²) in [4.78, 5) is 3.95. The summed E-state index contributed by atoms with van der Waals surface area (Å²) in [7, 11) is 0. The van der Waals surface area contributed by atoms with Gasteiger partial charge in [0.25, 0.3) is 0 Å². The molecule has 1 rings (SSSR count). The highest BCUT2D eigenvalue weighted by molar-refractivity contribution is 6.16. The number of nitrogens with zero attached hydrogens (tertiary/aromatic N) is 1. The van der Waals surface area contributed by atoms with E-state index in [2.05, 4.69) is 11.6 Å². The van der Waals surface area contributed by atoms with Crippen LogP contribution in [0.2, 0.25) is 0 Å². The molecule has 1 aromatic rings. The van der Waals surface area contributed by atoms with E-state index in [0.29, 0.717) is 18.0 Å². The third-order valence-corrected chi connectivity index (χ3v) is 1.64. The number of hydrogen-bond donors (Lipinski definition) is 1. The van der Waals surface area contributed by atoms with Crippen LogP contribution >= 0.6 is 11.6 Å². The average molecular weight is 188 g/mol. The first-order chi connectivity index (χ1) is 5.77. The van der Waals surface area contributed by atoms with Gasteiger partial charge in [0.15, 0.2) is 0 Å². The minimum Gasteiger partial charge on any atom is -0.447 e. The summed E-state index contributed by atoms with van der Waals surface area (Å²) in [6.45, 7) is 3.51. The Hall–Kier alpha value is -0.800. The molecule has 0 unspecified atom stereocenters. The maximum absolute atomic E-state index is 9.39. The van der Waals surface area contributed by atoms with Gasteiger partial charge in [0.1, 0.15) is 18.1 Å². The van der Waals surface area contributed by atoms with Crippen LogP contribution in [0.4, 0.5) is 0 Å². The van der Waals surface area contributed by atoms with Crippen molar-refractivity contribution in [2.75, 3.05) is 0 Å².